The van der Waals surface area contributed by atoms with Crippen molar-refractivity contribution in [1.29, 1.82) is 0 Å². The summed E-state index contributed by atoms with van der Waals surface area (Å²) in [6, 6.07) is 0.114. The monoisotopic (exact) mass is 298 g/mol. The largest absolute Gasteiger partial charge is 0.476 e. The van der Waals surface area contributed by atoms with Crippen molar-refractivity contribution in [3.05, 3.63) is 23.5 Å². The van der Waals surface area contributed by atoms with Crippen molar-refractivity contribution in [3.8, 4) is 6.01 Å². The van der Waals surface area contributed by atoms with Crippen LogP contribution in [0, 0.1) is 0 Å². The van der Waals surface area contributed by atoms with Gasteiger partial charge in [-0.05, 0) is 11.6 Å². The number of hydrogen-bond acceptors (Lipinski definition) is 7. The zero-order valence-electron chi connectivity index (χ0n) is 10.4. The van der Waals surface area contributed by atoms with E-state index in [4.69, 9.17) is 21.4 Å². The molecular weight excluding hydrogens is 288 g/mol. The van der Waals surface area contributed by atoms with Crippen molar-refractivity contribution in [2.45, 2.75) is 6.54 Å². The van der Waals surface area contributed by atoms with Crippen molar-refractivity contribution < 1.29 is 14.6 Å². The Kier molecular flexibility index (Phi) is 4.31. The van der Waals surface area contributed by atoms with E-state index in [0.717, 1.165) is 0 Å². The van der Waals surface area contributed by atoms with Gasteiger partial charge >= 0.3 is 12.0 Å². The zero-order chi connectivity index (χ0) is 14.5. The number of carboxylic acids is 1. The molecular formula is C10H11ClN6O3. The molecule has 0 unspecified atom stereocenters. The van der Waals surface area contributed by atoms with Crippen LogP contribution in [0.4, 0.5) is 5.95 Å². The highest BCUT2D eigenvalue weighted by Crippen LogP contribution is 2.10. The fourth-order valence-electron chi connectivity index (χ4n) is 1.39. The van der Waals surface area contributed by atoms with E-state index in [1.807, 2.05) is 0 Å². The van der Waals surface area contributed by atoms with Crippen LogP contribution in [0.1, 0.15) is 10.5 Å². The molecule has 9 nitrogen and oxygen atoms in total. The smallest absolute Gasteiger partial charge is 0.356 e. The number of rotatable bonds is 6. The Morgan fingerprint density at radius 1 is 1.50 bits per heavy atom. The maximum absolute atomic E-state index is 10.7. The van der Waals surface area contributed by atoms with Gasteiger partial charge < -0.3 is 19.7 Å². The Hall–Kier alpha value is -2.42. The lowest BCUT2D eigenvalue weighted by molar-refractivity contribution is 0.0691. The Morgan fingerprint density at radius 3 is 2.95 bits per heavy atom. The van der Waals surface area contributed by atoms with Crippen LogP contribution in [0.15, 0.2) is 12.5 Å². The van der Waals surface area contributed by atoms with E-state index < -0.39 is 5.97 Å². The highest BCUT2D eigenvalue weighted by Gasteiger charge is 2.07. The molecule has 0 spiro atoms. The first-order chi connectivity index (χ1) is 9.58. The number of carboxylic acid groups (broad SMARTS) is 1. The quantitative estimate of drug-likeness (QED) is 0.794. The van der Waals surface area contributed by atoms with Crippen molar-refractivity contribution >= 4 is 23.5 Å². The minimum absolute atomic E-state index is 0.00475. The molecule has 20 heavy (non-hydrogen) atoms. The van der Waals surface area contributed by atoms with Gasteiger partial charge in [-0.2, -0.15) is 15.0 Å². The average Bonchev–Trinajstić information content (AvgIpc) is 2.87. The van der Waals surface area contributed by atoms with Gasteiger partial charge in [-0.1, -0.05) is 0 Å². The van der Waals surface area contributed by atoms with Crippen LogP contribution in [-0.4, -0.2) is 49.2 Å². The van der Waals surface area contributed by atoms with Crippen LogP contribution >= 0.6 is 11.6 Å². The van der Waals surface area contributed by atoms with Gasteiger partial charge in [0.05, 0.1) is 13.4 Å². The number of hydrogen-bond donors (Lipinski definition) is 2. The molecule has 0 bridgehead atoms. The van der Waals surface area contributed by atoms with Crippen molar-refractivity contribution in [3.63, 3.8) is 0 Å². The second-order valence-electron chi connectivity index (χ2n) is 3.64. The molecule has 0 aliphatic rings. The molecule has 2 heterocycles. The Morgan fingerprint density at radius 2 is 2.30 bits per heavy atom. The minimum atomic E-state index is -1.06. The molecule has 0 saturated carbocycles. The van der Waals surface area contributed by atoms with E-state index in [-0.39, 0.29) is 22.9 Å². The third-order valence-electron chi connectivity index (χ3n) is 2.28. The van der Waals surface area contributed by atoms with Crippen LogP contribution < -0.4 is 10.1 Å². The SMILES string of the molecule is COc1nc(Cl)nc(NCCn2cnc(C(=O)O)c2)n1. The molecule has 0 aliphatic carbocycles. The molecule has 0 aromatic carbocycles. The molecule has 2 rings (SSSR count). The summed E-state index contributed by atoms with van der Waals surface area (Å²) in [6.07, 6.45) is 2.87. The molecule has 106 valence electrons. The number of aromatic nitrogens is 5. The second-order valence-corrected chi connectivity index (χ2v) is 3.98. The molecule has 0 fully saturated rings. The van der Waals surface area contributed by atoms with Crippen LogP contribution in [0.5, 0.6) is 6.01 Å². The zero-order valence-corrected chi connectivity index (χ0v) is 11.2. The Labute approximate surface area is 118 Å². The topological polar surface area (TPSA) is 115 Å². The lowest BCUT2D eigenvalue weighted by atomic mass is 10.5. The Balaban J connectivity index is 1.92. The van der Waals surface area contributed by atoms with Crippen LogP contribution in [0.25, 0.3) is 0 Å². The number of anilines is 1. The van der Waals surface area contributed by atoms with E-state index >= 15 is 0 Å². The number of halogens is 1. The fraction of sp³-hybridized carbons (Fsp3) is 0.300. The van der Waals surface area contributed by atoms with Crippen molar-refractivity contribution in [2.75, 3.05) is 19.0 Å². The van der Waals surface area contributed by atoms with Crippen LogP contribution in [0.2, 0.25) is 5.28 Å². The molecule has 0 atom stereocenters. The van der Waals surface area contributed by atoms with E-state index in [1.54, 1.807) is 4.57 Å². The summed E-state index contributed by atoms with van der Waals surface area (Å²) in [6.45, 7) is 0.949. The molecule has 0 saturated heterocycles. The number of aromatic carboxylic acids is 1. The number of nitrogens with zero attached hydrogens (tertiary/aromatic N) is 5. The second kappa shape index (κ2) is 6.15. The number of carbonyl (C=O) groups is 1. The molecule has 2 aromatic heterocycles. The average molecular weight is 299 g/mol. The first-order valence-electron chi connectivity index (χ1n) is 5.53. The highest BCUT2D eigenvalue weighted by molar-refractivity contribution is 6.28. The fourth-order valence-corrected chi connectivity index (χ4v) is 1.54. The highest BCUT2D eigenvalue weighted by atomic mass is 35.5. The van der Waals surface area contributed by atoms with Crippen molar-refractivity contribution in [2.24, 2.45) is 0 Å². The number of imidazole rings is 1. The van der Waals surface area contributed by atoms with Gasteiger partial charge in [0, 0.05) is 19.3 Å². The first kappa shape index (κ1) is 14.0. The van der Waals surface area contributed by atoms with Gasteiger partial charge in [-0.15, -0.1) is 0 Å². The molecule has 2 aromatic rings. The third-order valence-corrected chi connectivity index (χ3v) is 2.44. The molecule has 0 radical (unpaired) electrons. The van der Waals surface area contributed by atoms with Crippen molar-refractivity contribution in [1.82, 2.24) is 24.5 Å². The summed E-state index contributed by atoms with van der Waals surface area (Å²) < 4.78 is 6.50. The van der Waals surface area contributed by atoms with Gasteiger partial charge in [0.2, 0.25) is 11.2 Å². The summed E-state index contributed by atoms with van der Waals surface area (Å²) in [5.41, 5.74) is -0.00475. The maximum Gasteiger partial charge on any atom is 0.356 e. The normalized spacial score (nSPS) is 10.3. The van der Waals surface area contributed by atoms with Crippen LogP contribution in [-0.2, 0) is 6.54 Å². The van der Waals surface area contributed by atoms with Gasteiger partial charge in [0.25, 0.3) is 0 Å². The predicted octanol–water partition coefficient (Wildman–Crippen LogP) is 0.540. The lowest BCUT2D eigenvalue weighted by Gasteiger charge is -2.06. The predicted molar refractivity (Wildman–Crippen MR) is 69.1 cm³/mol. The summed E-state index contributed by atoms with van der Waals surface area (Å²) >= 11 is 5.70. The first-order valence-corrected chi connectivity index (χ1v) is 5.91. The summed E-state index contributed by atoms with van der Waals surface area (Å²) in [5.74, 6) is -0.786. The third kappa shape index (κ3) is 3.54. The molecule has 0 amide bonds. The summed E-state index contributed by atoms with van der Waals surface area (Å²) in [5, 5.41) is 11.7. The summed E-state index contributed by atoms with van der Waals surface area (Å²) in [4.78, 5) is 26.0. The van der Waals surface area contributed by atoms with E-state index in [2.05, 4.69) is 25.3 Å². The molecule has 0 aliphatic heterocycles. The van der Waals surface area contributed by atoms with Gasteiger partial charge in [0.15, 0.2) is 5.69 Å². The van der Waals surface area contributed by atoms with Gasteiger partial charge in [-0.3, -0.25) is 0 Å². The van der Waals surface area contributed by atoms with Gasteiger partial charge in [0.1, 0.15) is 0 Å². The number of methoxy groups -OCH3 is 1. The van der Waals surface area contributed by atoms with E-state index in [1.165, 1.54) is 19.6 Å². The summed E-state index contributed by atoms with van der Waals surface area (Å²) in [7, 11) is 1.42. The standard InChI is InChI=1S/C10H11ClN6O3/c1-20-10-15-8(11)14-9(16-10)12-2-3-17-4-6(7(18)19)13-5-17/h4-5H,2-3H2,1H3,(H,18,19)(H,12,14,15,16). The van der Waals surface area contributed by atoms with Gasteiger partial charge in [-0.25, -0.2) is 9.78 Å². The maximum atomic E-state index is 10.7. The number of nitrogens with one attached hydrogen (secondary N) is 1. The molecule has 2 N–H and O–H groups in total. The number of ether oxygens (including phenoxy) is 1. The Bertz CT molecular complexity index is 617. The minimum Gasteiger partial charge on any atom is -0.476 e. The van der Waals surface area contributed by atoms with E-state index in [0.29, 0.717) is 13.1 Å². The molecule has 10 heteroatoms. The lowest BCUT2D eigenvalue weighted by Crippen LogP contribution is -2.12. The van der Waals surface area contributed by atoms with E-state index in [9.17, 15) is 4.79 Å². The van der Waals surface area contributed by atoms with Crippen LogP contribution in [0.3, 0.4) is 0 Å².